The van der Waals surface area contributed by atoms with Crippen LogP contribution in [0.2, 0.25) is 0 Å². The van der Waals surface area contributed by atoms with Crippen molar-refractivity contribution in [2.45, 2.75) is 30.2 Å². The van der Waals surface area contributed by atoms with Gasteiger partial charge in [0.05, 0.1) is 10.9 Å². The van der Waals surface area contributed by atoms with Gasteiger partial charge in [0.15, 0.2) is 9.84 Å². The van der Waals surface area contributed by atoms with Gasteiger partial charge in [0.2, 0.25) is 5.91 Å². The number of benzene rings is 1. The SMILES string of the molecule is CC(Cl)C(=O)NC(C)c1ccc(S(C)(=O)=O)cc1. The Labute approximate surface area is 112 Å². The summed E-state index contributed by atoms with van der Waals surface area (Å²) in [5, 5.41) is 2.14. The fourth-order valence-corrected chi connectivity index (χ4v) is 2.11. The monoisotopic (exact) mass is 289 g/mol. The van der Waals surface area contributed by atoms with Gasteiger partial charge in [-0.25, -0.2) is 8.42 Å². The van der Waals surface area contributed by atoms with Gasteiger partial charge >= 0.3 is 0 Å². The molecule has 0 radical (unpaired) electrons. The molecule has 1 amide bonds. The Hall–Kier alpha value is -1.07. The number of hydrogen-bond donors (Lipinski definition) is 1. The zero-order valence-electron chi connectivity index (χ0n) is 10.5. The zero-order chi connectivity index (χ0) is 13.9. The maximum absolute atomic E-state index is 11.4. The fourth-order valence-electron chi connectivity index (χ4n) is 1.42. The van der Waals surface area contributed by atoms with E-state index in [0.717, 1.165) is 11.8 Å². The molecular weight excluding hydrogens is 274 g/mol. The highest BCUT2D eigenvalue weighted by Crippen LogP contribution is 2.16. The quantitative estimate of drug-likeness (QED) is 0.861. The lowest BCUT2D eigenvalue weighted by Gasteiger charge is -2.15. The molecule has 0 bridgehead atoms. The van der Waals surface area contributed by atoms with Gasteiger partial charge in [0.1, 0.15) is 5.38 Å². The molecule has 0 heterocycles. The second-order valence-corrected chi connectivity index (χ2v) is 6.86. The third kappa shape index (κ3) is 3.99. The van der Waals surface area contributed by atoms with E-state index in [1.165, 1.54) is 12.1 Å². The molecule has 0 saturated heterocycles. The summed E-state index contributed by atoms with van der Waals surface area (Å²) in [6, 6.07) is 6.20. The average Bonchev–Trinajstić information content (AvgIpc) is 2.27. The highest BCUT2D eigenvalue weighted by molar-refractivity contribution is 7.90. The van der Waals surface area contributed by atoms with E-state index in [2.05, 4.69) is 5.32 Å². The van der Waals surface area contributed by atoms with Crippen LogP contribution in [-0.4, -0.2) is 26.0 Å². The molecular formula is C12H16ClNO3S. The second-order valence-electron chi connectivity index (χ2n) is 4.19. The summed E-state index contributed by atoms with van der Waals surface area (Å²) in [6.07, 6.45) is 1.16. The molecule has 1 aromatic rings. The minimum atomic E-state index is -3.19. The Morgan fingerprint density at radius 3 is 2.11 bits per heavy atom. The van der Waals surface area contributed by atoms with E-state index in [0.29, 0.717) is 0 Å². The van der Waals surface area contributed by atoms with E-state index in [1.54, 1.807) is 19.1 Å². The molecule has 0 aromatic heterocycles. The molecule has 1 aromatic carbocycles. The first kappa shape index (κ1) is 15.0. The van der Waals surface area contributed by atoms with Gasteiger partial charge in [-0.15, -0.1) is 11.6 Å². The first-order valence-electron chi connectivity index (χ1n) is 5.46. The molecule has 2 atom stereocenters. The van der Waals surface area contributed by atoms with E-state index in [9.17, 15) is 13.2 Å². The largest absolute Gasteiger partial charge is 0.348 e. The van der Waals surface area contributed by atoms with Gasteiger partial charge in [0.25, 0.3) is 0 Å². The zero-order valence-corrected chi connectivity index (χ0v) is 12.0. The molecule has 0 saturated carbocycles. The lowest BCUT2D eigenvalue weighted by Crippen LogP contribution is -2.31. The molecule has 18 heavy (non-hydrogen) atoms. The highest BCUT2D eigenvalue weighted by atomic mass is 35.5. The van der Waals surface area contributed by atoms with Crippen molar-refractivity contribution in [3.8, 4) is 0 Å². The minimum Gasteiger partial charge on any atom is -0.348 e. The van der Waals surface area contributed by atoms with Crippen LogP contribution in [0, 0.1) is 0 Å². The smallest absolute Gasteiger partial charge is 0.238 e. The molecule has 6 heteroatoms. The maximum atomic E-state index is 11.4. The first-order chi connectivity index (χ1) is 8.21. The first-order valence-corrected chi connectivity index (χ1v) is 7.79. The molecule has 100 valence electrons. The third-order valence-corrected chi connectivity index (χ3v) is 3.85. The van der Waals surface area contributed by atoms with Crippen LogP contribution < -0.4 is 5.32 Å². The highest BCUT2D eigenvalue weighted by Gasteiger charge is 2.14. The Bertz CT molecular complexity index is 523. The fraction of sp³-hybridized carbons (Fsp3) is 0.417. The van der Waals surface area contributed by atoms with Crippen molar-refractivity contribution in [3.05, 3.63) is 29.8 Å². The van der Waals surface area contributed by atoms with Gasteiger partial charge in [-0.2, -0.15) is 0 Å². The number of alkyl halides is 1. The van der Waals surface area contributed by atoms with Crippen molar-refractivity contribution >= 4 is 27.3 Å². The van der Waals surface area contributed by atoms with Crippen LogP contribution in [0.15, 0.2) is 29.2 Å². The molecule has 2 unspecified atom stereocenters. The lowest BCUT2D eigenvalue weighted by molar-refractivity contribution is -0.121. The lowest BCUT2D eigenvalue weighted by atomic mass is 10.1. The van der Waals surface area contributed by atoms with E-state index in [1.807, 2.05) is 6.92 Å². The van der Waals surface area contributed by atoms with Crippen molar-refractivity contribution in [3.63, 3.8) is 0 Å². The Morgan fingerprint density at radius 2 is 1.72 bits per heavy atom. The molecule has 1 N–H and O–H groups in total. The van der Waals surface area contributed by atoms with E-state index in [4.69, 9.17) is 11.6 Å². The van der Waals surface area contributed by atoms with Gasteiger partial charge in [-0.3, -0.25) is 4.79 Å². The predicted molar refractivity (Wildman–Crippen MR) is 71.4 cm³/mol. The summed E-state index contributed by atoms with van der Waals surface area (Å²) in [7, 11) is -3.19. The number of carbonyl (C=O) groups is 1. The number of sulfone groups is 1. The summed E-state index contributed by atoms with van der Waals surface area (Å²) < 4.78 is 22.6. The summed E-state index contributed by atoms with van der Waals surface area (Å²) in [5.74, 6) is -0.253. The van der Waals surface area contributed by atoms with Crippen molar-refractivity contribution in [1.29, 1.82) is 0 Å². The third-order valence-electron chi connectivity index (χ3n) is 2.53. The van der Waals surface area contributed by atoms with Crippen molar-refractivity contribution in [1.82, 2.24) is 5.32 Å². The maximum Gasteiger partial charge on any atom is 0.238 e. The molecule has 0 aliphatic rings. The van der Waals surface area contributed by atoms with E-state index < -0.39 is 15.2 Å². The molecule has 0 spiro atoms. The van der Waals surface area contributed by atoms with Crippen molar-refractivity contribution < 1.29 is 13.2 Å². The number of halogens is 1. The van der Waals surface area contributed by atoms with Crippen LogP contribution in [0.4, 0.5) is 0 Å². The van der Waals surface area contributed by atoms with Crippen LogP contribution in [-0.2, 0) is 14.6 Å². The number of amides is 1. The Balaban J connectivity index is 2.83. The van der Waals surface area contributed by atoms with Crippen LogP contribution in [0.1, 0.15) is 25.5 Å². The summed E-state index contributed by atoms with van der Waals surface area (Å²) in [6.45, 7) is 3.41. The molecule has 0 aliphatic heterocycles. The predicted octanol–water partition coefficient (Wildman–Crippen LogP) is 1.89. The van der Waals surface area contributed by atoms with Crippen LogP contribution in [0.5, 0.6) is 0 Å². The van der Waals surface area contributed by atoms with Gasteiger partial charge in [-0.05, 0) is 31.5 Å². The normalized spacial score (nSPS) is 14.9. The van der Waals surface area contributed by atoms with Crippen LogP contribution >= 0.6 is 11.6 Å². The number of hydrogen-bond acceptors (Lipinski definition) is 3. The van der Waals surface area contributed by atoms with Crippen LogP contribution in [0.25, 0.3) is 0 Å². The minimum absolute atomic E-state index is 0.215. The number of nitrogens with one attached hydrogen (secondary N) is 1. The van der Waals surface area contributed by atoms with E-state index in [-0.39, 0.29) is 16.8 Å². The molecule has 0 fully saturated rings. The summed E-state index contributed by atoms with van der Waals surface area (Å²) in [5.41, 5.74) is 0.827. The van der Waals surface area contributed by atoms with Crippen molar-refractivity contribution in [2.24, 2.45) is 0 Å². The average molecular weight is 290 g/mol. The van der Waals surface area contributed by atoms with Gasteiger partial charge in [-0.1, -0.05) is 12.1 Å². The van der Waals surface area contributed by atoms with Gasteiger partial charge < -0.3 is 5.32 Å². The van der Waals surface area contributed by atoms with E-state index >= 15 is 0 Å². The molecule has 1 rings (SSSR count). The summed E-state index contributed by atoms with van der Waals surface area (Å²) >= 11 is 5.65. The topological polar surface area (TPSA) is 63.2 Å². The van der Waals surface area contributed by atoms with Crippen molar-refractivity contribution in [2.75, 3.05) is 6.26 Å². The number of carbonyl (C=O) groups excluding carboxylic acids is 1. The molecule has 4 nitrogen and oxygen atoms in total. The number of rotatable bonds is 4. The second kappa shape index (κ2) is 5.71. The van der Waals surface area contributed by atoms with Gasteiger partial charge in [0, 0.05) is 6.26 Å². The standard InChI is InChI=1S/C12H16ClNO3S/c1-8(13)12(15)14-9(2)10-4-6-11(7-5-10)18(3,16)17/h4-9H,1-3H3,(H,14,15). The Morgan fingerprint density at radius 1 is 1.22 bits per heavy atom. The van der Waals surface area contributed by atoms with Crippen LogP contribution in [0.3, 0.4) is 0 Å². The Kier molecular flexibility index (Phi) is 4.76. The molecule has 0 aliphatic carbocycles. The summed E-state index contributed by atoms with van der Waals surface area (Å²) in [4.78, 5) is 11.7.